The van der Waals surface area contributed by atoms with Crippen LogP contribution in [0.2, 0.25) is 0 Å². The van der Waals surface area contributed by atoms with E-state index in [-0.39, 0.29) is 5.91 Å². The first-order valence-electron chi connectivity index (χ1n) is 10.8. The van der Waals surface area contributed by atoms with E-state index in [9.17, 15) is 4.79 Å². The molecule has 4 rings (SSSR count). The standard InChI is InChI=1S/C24H31N3O2/c1-19-5-2-6-20(15-19)16-22-8-3-9-23(25-22)21-7-4-10-27(17-21)24(28)18-26-11-13-29-14-12-26/h2-3,5-6,8-9,15,21H,4,7,10-14,16-18H2,1H3. The Hall–Kier alpha value is -2.24. The Kier molecular flexibility index (Phi) is 6.57. The van der Waals surface area contributed by atoms with Crippen LogP contribution in [0, 0.1) is 6.92 Å². The van der Waals surface area contributed by atoms with Crippen LogP contribution in [0.4, 0.5) is 0 Å². The lowest BCUT2D eigenvalue weighted by Gasteiger charge is -2.35. The number of ether oxygens (including phenoxy) is 1. The van der Waals surface area contributed by atoms with Gasteiger partial charge in [-0.1, -0.05) is 35.9 Å². The average molecular weight is 394 g/mol. The fourth-order valence-corrected chi connectivity index (χ4v) is 4.35. The molecule has 2 fully saturated rings. The quantitative estimate of drug-likeness (QED) is 0.783. The van der Waals surface area contributed by atoms with E-state index in [1.807, 2.05) is 4.90 Å². The first-order valence-corrected chi connectivity index (χ1v) is 10.8. The third kappa shape index (κ3) is 5.43. The zero-order valence-corrected chi connectivity index (χ0v) is 17.3. The van der Waals surface area contributed by atoms with Crippen molar-refractivity contribution in [2.75, 3.05) is 45.9 Å². The van der Waals surface area contributed by atoms with Crippen molar-refractivity contribution in [1.29, 1.82) is 0 Å². The zero-order valence-electron chi connectivity index (χ0n) is 17.3. The smallest absolute Gasteiger partial charge is 0.236 e. The second-order valence-corrected chi connectivity index (χ2v) is 8.29. The highest BCUT2D eigenvalue weighted by Crippen LogP contribution is 2.26. The summed E-state index contributed by atoms with van der Waals surface area (Å²) in [6, 6.07) is 15.0. The normalized spacial score (nSPS) is 20.6. The van der Waals surface area contributed by atoms with Gasteiger partial charge in [0.05, 0.1) is 19.8 Å². The summed E-state index contributed by atoms with van der Waals surface area (Å²) in [7, 11) is 0. The van der Waals surface area contributed by atoms with Crippen molar-refractivity contribution in [3.8, 4) is 0 Å². The SMILES string of the molecule is Cc1cccc(Cc2cccc(C3CCCN(C(=O)CN4CCOCC4)C3)n2)c1. The molecule has 1 aromatic carbocycles. The number of hydrogen-bond donors (Lipinski definition) is 0. The monoisotopic (exact) mass is 393 g/mol. The Bertz CT molecular complexity index is 832. The first kappa shape index (κ1) is 20.0. The molecule has 3 heterocycles. The lowest BCUT2D eigenvalue weighted by molar-refractivity contribution is -0.134. The van der Waals surface area contributed by atoms with Gasteiger partial charge in [0.25, 0.3) is 0 Å². The maximum absolute atomic E-state index is 12.8. The van der Waals surface area contributed by atoms with Gasteiger partial charge in [0, 0.05) is 49.9 Å². The van der Waals surface area contributed by atoms with Crippen molar-refractivity contribution in [2.45, 2.75) is 32.1 Å². The molecule has 1 amide bonds. The van der Waals surface area contributed by atoms with Crippen molar-refractivity contribution in [3.63, 3.8) is 0 Å². The fourth-order valence-electron chi connectivity index (χ4n) is 4.35. The van der Waals surface area contributed by atoms with Gasteiger partial charge in [-0.2, -0.15) is 0 Å². The molecule has 5 heteroatoms. The molecule has 2 aromatic rings. The van der Waals surface area contributed by atoms with Crippen LogP contribution in [0.15, 0.2) is 42.5 Å². The summed E-state index contributed by atoms with van der Waals surface area (Å²) < 4.78 is 5.39. The van der Waals surface area contributed by atoms with Gasteiger partial charge in [0.2, 0.25) is 5.91 Å². The number of piperidine rings is 1. The highest BCUT2D eigenvalue weighted by molar-refractivity contribution is 5.78. The molecule has 0 bridgehead atoms. The van der Waals surface area contributed by atoms with Crippen LogP contribution in [0.5, 0.6) is 0 Å². The van der Waals surface area contributed by atoms with E-state index in [1.165, 1.54) is 11.1 Å². The number of rotatable bonds is 5. The Morgan fingerprint density at radius 2 is 1.97 bits per heavy atom. The maximum atomic E-state index is 12.8. The Labute approximate surface area is 173 Å². The summed E-state index contributed by atoms with van der Waals surface area (Å²) in [5.41, 5.74) is 4.80. The van der Waals surface area contributed by atoms with Crippen LogP contribution >= 0.6 is 0 Å². The van der Waals surface area contributed by atoms with E-state index >= 15 is 0 Å². The van der Waals surface area contributed by atoms with Crippen LogP contribution in [0.25, 0.3) is 0 Å². The van der Waals surface area contributed by atoms with Gasteiger partial charge in [-0.25, -0.2) is 0 Å². The number of benzene rings is 1. The molecule has 0 saturated carbocycles. The largest absolute Gasteiger partial charge is 0.379 e. The van der Waals surface area contributed by atoms with Gasteiger partial charge in [0.1, 0.15) is 0 Å². The summed E-state index contributed by atoms with van der Waals surface area (Å²) >= 11 is 0. The zero-order chi connectivity index (χ0) is 20.1. The van der Waals surface area contributed by atoms with Crippen molar-refractivity contribution < 1.29 is 9.53 Å². The molecule has 0 radical (unpaired) electrons. The Morgan fingerprint density at radius 1 is 1.14 bits per heavy atom. The van der Waals surface area contributed by atoms with E-state index < -0.39 is 0 Å². The lowest BCUT2D eigenvalue weighted by atomic mass is 9.93. The van der Waals surface area contributed by atoms with Crippen LogP contribution in [-0.2, 0) is 16.0 Å². The molecule has 0 N–H and O–H groups in total. The van der Waals surface area contributed by atoms with Crippen molar-refractivity contribution in [1.82, 2.24) is 14.8 Å². The lowest BCUT2D eigenvalue weighted by Crippen LogP contribution is -2.47. The maximum Gasteiger partial charge on any atom is 0.236 e. The van der Waals surface area contributed by atoms with Crippen molar-refractivity contribution in [3.05, 3.63) is 65.0 Å². The Balaban J connectivity index is 1.39. The number of carbonyl (C=O) groups excluding carboxylic acids is 1. The van der Waals surface area contributed by atoms with Crippen LogP contribution in [0.3, 0.4) is 0 Å². The number of aromatic nitrogens is 1. The van der Waals surface area contributed by atoms with Gasteiger partial charge in [-0.05, 0) is 37.5 Å². The molecule has 0 spiro atoms. The third-order valence-electron chi connectivity index (χ3n) is 5.95. The minimum atomic E-state index is 0.243. The van der Waals surface area contributed by atoms with Crippen molar-refractivity contribution >= 4 is 5.91 Å². The number of aryl methyl sites for hydroxylation is 1. The molecular weight excluding hydrogens is 362 g/mol. The van der Waals surface area contributed by atoms with Gasteiger partial charge >= 0.3 is 0 Å². The Morgan fingerprint density at radius 3 is 2.79 bits per heavy atom. The second-order valence-electron chi connectivity index (χ2n) is 8.29. The minimum absolute atomic E-state index is 0.243. The number of amides is 1. The topological polar surface area (TPSA) is 45.7 Å². The number of pyridine rings is 1. The molecule has 5 nitrogen and oxygen atoms in total. The summed E-state index contributed by atoms with van der Waals surface area (Å²) in [5, 5.41) is 0. The molecule has 0 aliphatic carbocycles. The summed E-state index contributed by atoms with van der Waals surface area (Å²) in [4.78, 5) is 22.0. The predicted octanol–water partition coefficient (Wildman–Crippen LogP) is 3.02. The van der Waals surface area contributed by atoms with E-state index in [0.29, 0.717) is 12.5 Å². The van der Waals surface area contributed by atoms with Crippen LogP contribution in [0.1, 0.15) is 41.3 Å². The second kappa shape index (κ2) is 9.51. The van der Waals surface area contributed by atoms with Gasteiger partial charge < -0.3 is 9.64 Å². The van der Waals surface area contributed by atoms with E-state index in [2.05, 4.69) is 54.3 Å². The molecule has 1 aromatic heterocycles. The highest BCUT2D eigenvalue weighted by atomic mass is 16.5. The molecule has 2 saturated heterocycles. The molecule has 2 aliphatic rings. The average Bonchev–Trinajstić information content (AvgIpc) is 2.75. The number of carbonyl (C=O) groups is 1. The molecule has 29 heavy (non-hydrogen) atoms. The summed E-state index contributed by atoms with van der Waals surface area (Å²) in [6.07, 6.45) is 2.99. The predicted molar refractivity (Wildman–Crippen MR) is 114 cm³/mol. The molecular formula is C24H31N3O2. The van der Waals surface area contributed by atoms with E-state index in [4.69, 9.17) is 9.72 Å². The number of likely N-dealkylation sites (tertiary alicyclic amines) is 1. The molecule has 154 valence electrons. The number of morpholine rings is 1. The van der Waals surface area contributed by atoms with Gasteiger partial charge in [-0.15, -0.1) is 0 Å². The van der Waals surface area contributed by atoms with Crippen LogP contribution in [-0.4, -0.2) is 66.6 Å². The third-order valence-corrected chi connectivity index (χ3v) is 5.95. The molecule has 1 unspecified atom stereocenters. The first-order chi connectivity index (χ1) is 14.2. The molecule has 1 atom stereocenters. The minimum Gasteiger partial charge on any atom is -0.379 e. The van der Waals surface area contributed by atoms with Gasteiger partial charge in [-0.3, -0.25) is 14.7 Å². The van der Waals surface area contributed by atoms with E-state index in [0.717, 1.165) is 70.0 Å². The van der Waals surface area contributed by atoms with E-state index in [1.54, 1.807) is 0 Å². The summed E-state index contributed by atoms with van der Waals surface area (Å²) in [5.74, 6) is 0.572. The molecule has 2 aliphatic heterocycles. The summed E-state index contributed by atoms with van der Waals surface area (Å²) in [6.45, 7) is 7.44. The number of nitrogens with zero attached hydrogens (tertiary/aromatic N) is 3. The fraction of sp³-hybridized carbons (Fsp3) is 0.500. The number of hydrogen-bond acceptors (Lipinski definition) is 4. The van der Waals surface area contributed by atoms with Crippen molar-refractivity contribution in [2.24, 2.45) is 0 Å². The van der Waals surface area contributed by atoms with Crippen LogP contribution < -0.4 is 0 Å². The van der Waals surface area contributed by atoms with Gasteiger partial charge in [0.15, 0.2) is 0 Å². The highest BCUT2D eigenvalue weighted by Gasteiger charge is 2.27.